The Morgan fingerprint density at radius 2 is 2.10 bits per heavy atom. The average Bonchev–Trinajstić information content (AvgIpc) is 3.11. The van der Waals surface area contributed by atoms with Gasteiger partial charge in [0.15, 0.2) is 0 Å². The van der Waals surface area contributed by atoms with Crippen LogP contribution >= 0.6 is 11.3 Å². The van der Waals surface area contributed by atoms with Gasteiger partial charge in [0.05, 0.1) is 4.88 Å². The summed E-state index contributed by atoms with van der Waals surface area (Å²) in [5.74, 6) is 0.152. The molecule has 0 radical (unpaired) electrons. The number of anilines is 1. The van der Waals surface area contributed by atoms with E-state index < -0.39 is 0 Å². The van der Waals surface area contributed by atoms with Crippen LogP contribution < -0.4 is 5.32 Å². The van der Waals surface area contributed by atoms with Gasteiger partial charge < -0.3 is 4.42 Å². The van der Waals surface area contributed by atoms with Gasteiger partial charge in [-0.05, 0) is 36.9 Å². The van der Waals surface area contributed by atoms with Crippen molar-refractivity contribution in [1.82, 2.24) is 10.2 Å². The minimum atomic E-state index is -0.252. The number of carbonyl (C=O) groups is 1. The third-order valence-corrected chi connectivity index (χ3v) is 3.87. The summed E-state index contributed by atoms with van der Waals surface area (Å²) < 4.78 is 5.45. The Morgan fingerprint density at radius 3 is 2.86 bits per heavy atom. The first-order valence-electron chi connectivity index (χ1n) is 6.39. The van der Waals surface area contributed by atoms with E-state index in [1.165, 1.54) is 11.3 Å². The standard InChI is InChI=1S/C15H13N3O2S/c1-9-5-6-10(2)11(8-9)13(19)16-15-18-17-14(20-15)12-4-3-7-21-12/h3-8H,1-2H3,(H,16,18,19). The van der Waals surface area contributed by atoms with Gasteiger partial charge in [0, 0.05) is 5.56 Å². The molecule has 1 amide bonds. The smallest absolute Gasteiger partial charge is 0.322 e. The fourth-order valence-corrected chi connectivity index (χ4v) is 2.56. The number of nitrogens with one attached hydrogen (secondary N) is 1. The van der Waals surface area contributed by atoms with Crippen molar-refractivity contribution in [2.45, 2.75) is 13.8 Å². The number of aryl methyl sites for hydroxylation is 2. The number of carbonyl (C=O) groups excluding carboxylic acids is 1. The molecule has 6 heteroatoms. The predicted molar refractivity (Wildman–Crippen MR) is 81.5 cm³/mol. The molecule has 0 saturated carbocycles. The van der Waals surface area contributed by atoms with Gasteiger partial charge in [-0.15, -0.1) is 16.4 Å². The first-order chi connectivity index (χ1) is 10.1. The van der Waals surface area contributed by atoms with E-state index in [1.807, 2.05) is 49.6 Å². The van der Waals surface area contributed by atoms with Crippen LogP contribution in [-0.4, -0.2) is 16.1 Å². The third-order valence-electron chi connectivity index (χ3n) is 3.02. The van der Waals surface area contributed by atoms with Gasteiger partial charge in [-0.3, -0.25) is 10.1 Å². The lowest BCUT2D eigenvalue weighted by Crippen LogP contribution is -2.13. The van der Waals surface area contributed by atoms with Crippen LogP contribution in [0.5, 0.6) is 0 Å². The number of aromatic nitrogens is 2. The molecule has 0 bridgehead atoms. The second-order valence-electron chi connectivity index (χ2n) is 4.66. The van der Waals surface area contributed by atoms with Gasteiger partial charge in [-0.1, -0.05) is 28.9 Å². The number of thiophene rings is 1. The lowest BCUT2D eigenvalue weighted by molar-refractivity contribution is 0.102. The van der Waals surface area contributed by atoms with Crippen molar-refractivity contribution in [2.75, 3.05) is 5.32 Å². The molecule has 0 fully saturated rings. The molecule has 3 aromatic rings. The molecule has 0 unspecified atom stereocenters. The zero-order chi connectivity index (χ0) is 14.8. The molecule has 2 heterocycles. The molecule has 1 N–H and O–H groups in total. The van der Waals surface area contributed by atoms with Crippen molar-refractivity contribution in [2.24, 2.45) is 0 Å². The van der Waals surface area contributed by atoms with Gasteiger partial charge in [0.2, 0.25) is 0 Å². The first-order valence-corrected chi connectivity index (χ1v) is 7.27. The number of nitrogens with zero attached hydrogens (tertiary/aromatic N) is 2. The van der Waals surface area contributed by atoms with Crippen LogP contribution in [0.2, 0.25) is 0 Å². The molecule has 1 aromatic carbocycles. The summed E-state index contributed by atoms with van der Waals surface area (Å²) in [7, 11) is 0. The van der Waals surface area contributed by atoms with Crippen LogP contribution in [0.4, 0.5) is 6.01 Å². The Labute approximate surface area is 125 Å². The predicted octanol–water partition coefficient (Wildman–Crippen LogP) is 3.67. The Kier molecular flexibility index (Phi) is 3.53. The van der Waals surface area contributed by atoms with Gasteiger partial charge in [0.25, 0.3) is 11.8 Å². The summed E-state index contributed by atoms with van der Waals surface area (Å²) in [6.45, 7) is 3.83. The maximum atomic E-state index is 12.2. The number of rotatable bonds is 3. The van der Waals surface area contributed by atoms with Gasteiger partial charge in [0.1, 0.15) is 0 Å². The highest BCUT2D eigenvalue weighted by molar-refractivity contribution is 7.13. The van der Waals surface area contributed by atoms with E-state index >= 15 is 0 Å². The average molecular weight is 299 g/mol. The number of hydrogen-bond acceptors (Lipinski definition) is 5. The monoisotopic (exact) mass is 299 g/mol. The summed E-state index contributed by atoms with van der Waals surface area (Å²) in [5.41, 5.74) is 2.53. The minimum Gasteiger partial charge on any atom is -0.402 e. The van der Waals surface area contributed by atoms with Crippen molar-refractivity contribution >= 4 is 23.3 Å². The highest BCUT2D eigenvalue weighted by atomic mass is 32.1. The van der Waals surface area contributed by atoms with Crippen LogP contribution in [0.1, 0.15) is 21.5 Å². The highest BCUT2D eigenvalue weighted by Crippen LogP contribution is 2.24. The second-order valence-corrected chi connectivity index (χ2v) is 5.61. The Bertz CT molecular complexity index is 778. The molecule has 0 spiro atoms. The van der Waals surface area contributed by atoms with E-state index in [4.69, 9.17) is 4.42 Å². The highest BCUT2D eigenvalue weighted by Gasteiger charge is 2.14. The number of amides is 1. The van der Waals surface area contributed by atoms with Crippen molar-refractivity contribution in [3.8, 4) is 10.8 Å². The zero-order valence-electron chi connectivity index (χ0n) is 11.6. The summed E-state index contributed by atoms with van der Waals surface area (Å²) in [6, 6.07) is 9.60. The lowest BCUT2D eigenvalue weighted by atomic mass is 10.1. The fourth-order valence-electron chi connectivity index (χ4n) is 1.92. The van der Waals surface area contributed by atoms with Crippen LogP contribution in [0.3, 0.4) is 0 Å². The summed E-state index contributed by atoms with van der Waals surface area (Å²) >= 11 is 1.50. The quantitative estimate of drug-likeness (QED) is 0.801. The maximum absolute atomic E-state index is 12.2. The minimum absolute atomic E-state index is 0.101. The van der Waals surface area contributed by atoms with Crippen molar-refractivity contribution in [3.05, 3.63) is 52.4 Å². The largest absolute Gasteiger partial charge is 0.402 e. The molecular formula is C15H13N3O2S. The van der Waals surface area contributed by atoms with Gasteiger partial charge in [-0.25, -0.2) is 0 Å². The van der Waals surface area contributed by atoms with E-state index in [2.05, 4.69) is 15.5 Å². The molecule has 5 nitrogen and oxygen atoms in total. The lowest BCUT2D eigenvalue weighted by Gasteiger charge is -2.05. The summed E-state index contributed by atoms with van der Waals surface area (Å²) in [5, 5.41) is 12.3. The molecule has 0 aliphatic carbocycles. The zero-order valence-corrected chi connectivity index (χ0v) is 12.4. The van der Waals surface area contributed by atoms with E-state index in [1.54, 1.807) is 0 Å². The van der Waals surface area contributed by atoms with Gasteiger partial charge >= 0.3 is 6.01 Å². The second kappa shape index (κ2) is 5.49. The molecule has 0 aliphatic rings. The Hall–Kier alpha value is -2.47. The van der Waals surface area contributed by atoms with Crippen LogP contribution in [0.25, 0.3) is 10.8 Å². The van der Waals surface area contributed by atoms with Crippen molar-refractivity contribution in [3.63, 3.8) is 0 Å². The van der Waals surface area contributed by atoms with E-state index in [9.17, 15) is 4.79 Å². The maximum Gasteiger partial charge on any atom is 0.322 e. The SMILES string of the molecule is Cc1ccc(C)c(C(=O)Nc2nnc(-c3cccs3)o2)c1. The molecule has 2 aromatic heterocycles. The Morgan fingerprint density at radius 1 is 1.24 bits per heavy atom. The number of benzene rings is 1. The summed E-state index contributed by atoms with van der Waals surface area (Å²) in [6.07, 6.45) is 0. The molecule has 106 valence electrons. The Balaban J connectivity index is 1.80. The van der Waals surface area contributed by atoms with E-state index in [-0.39, 0.29) is 11.9 Å². The van der Waals surface area contributed by atoms with Crippen molar-refractivity contribution in [1.29, 1.82) is 0 Å². The van der Waals surface area contributed by atoms with E-state index in [0.29, 0.717) is 11.5 Å². The van der Waals surface area contributed by atoms with E-state index in [0.717, 1.165) is 16.0 Å². The topological polar surface area (TPSA) is 68.0 Å². The van der Waals surface area contributed by atoms with Crippen LogP contribution in [0.15, 0.2) is 40.1 Å². The molecule has 21 heavy (non-hydrogen) atoms. The fraction of sp³-hybridized carbons (Fsp3) is 0.133. The molecular weight excluding hydrogens is 286 g/mol. The van der Waals surface area contributed by atoms with Crippen molar-refractivity contribution < 1.29 is 9.21 Å². The number of hydrogen-bond donors (Lipinski definition) is 1. The molecule has 0 aliphatic heterocycles. The molecule has 3 rings (SSSR count). The van der Waals surface area contributed by atoms with Crippen LogP contribution in [-0.2, 0) is 0 Å². The van der Waals surface area contributed by atoms with Crippen LogP contribution in [0, 0.1) is 13.8 Å². The third kappa shape index (κ3) is 2.85. The van der Waals surface area contributed by atoms with Gasteiger partial charge in [-0.2, -0.15) is 0 Å². The normalized spacial score (nSPS) is 10.6. The molecule has 0 atom stereocenters. The molecule has 0 saturated heterocycles. The first kappa shape index (κ1) is 13.5. The summed E-state index contributed by atoms with van der Waals surface area (Å²) in [4.78, 5) is 13.1.